The molecule has 0 atom stereocenters. The van der Waals surface area contributed by atoms with Crippen molar-refractivity contribution in [2.24, 2.45) is 0 Å². The Bertz CT molecular complexity index is 1050. The minimum atomic E-state index is -0.304. The van der Waals surface area contributed by atoms with E-state index < -0.39 is 0 Å². The average Bonchev–Trinajstić information content (AvgIpc) is 3.29. The Labute approximate surface area is 194 Å². The summed E-state index contributed by atoms with van der Waals surface area (Å²) in [5.41, 5.74) is 1.28. The molecule has 0 radical (unpaired) electrons. The molecule has 0 spiro atoms. The van der Waals surface area contributed by atoms with Crippen LogP contribution in [0.25, 0.3) is 5.69 Å². The number of piperazine rings is 1. The highest BCUT2D eigenvalue weighted by molar-refractivity contribution is 7.99. The van der Waals surface area contributed by atoms with Gasteiger partial charge in [0.25, 0.3) is 0 Å². The number of hydrogen-bond donors (Lipinski definition) is 0. The predicted octanol–water partition coefficient (Wildman–Crippen LogP) is 2.90. The number of benzene rings is 2. The van der Waals surface area contributed by atoms with E-state index in [2.05, 4.69) is 20.4 Å². The summed E-state index contributed by atoms with van der Waals surface area (Å²) >= 11 is 7.42. The molecule has 1 amide bonds. The molecule has 32 heavy (non-hydrogen) atoms. The lowest BCUT2D eigenvalue weighted by molar-refractivity contribution is -0.130. The van der Waals surface area contributed by atoms with Crippen LogP contribution in [0.1, 0.15) is 5.56 Å². The van der Waals surface area contributed by atoms with Crippen LogP contribution in [0, 0.1) is 5.82 Å². The van der Waals surface area contributed by atoms with Gasteiger partial charge in [0, 0.05) is 43.3 Å². The second kappa shape index (κ2) is 10.3. The summed E-state index contributed by atoms with van der Waals surface area (Å²) in [7, 11) is 1.60. The van der Waals surface area contributed by atoms with Gasteiger partial charge in [0.05, 0.1) is 18.6 Å². The summed E-state index contributed by atoms with van der Waals surface area (Å²) in [6.07, 6.45) is 0. The zero-order valence-corrected chi connectivity index (χ0v) is 19.0. The number of amides is 1. The van der Waals surface area contributed by atoms with Gasteiger partial charge in [0.2, 0.25) is 11.1 Å². The van der Waals surface area contributed by atoms with Gasteiger partial charge in [0.15, 0.2) is 0 Å². The van der Waals surface area contributed by atoms with Crippen molar-refractivity contribution < 1.29 is 13.9 Å². The third-order valence-electron chi connectivity index (χ3n) is 5.25. The minimum Gasteiger partial charge on any atom is -0.497 e. The lowest BCUT2D eigenvalue weighted by Gasteiger charge is -2.34. The molecule has 1 aromatic heterocycles. The number of halogens is 2. The van der Waals surface area contributed by atoms with Gasteiger partial charge >= 0.3 is 0 Å². The molecule has 0 N–H and O–H groups in total. The first-order valence-corrected chi connectivity index (χ1v) is 11.4. The van der Waals surface area contributed by atoms with Crippen molar-refractivity contribution in [2.75, 3.05) is 39.0 Å². The third-order valence-corrected chi connectivity index (χ3v) is 6.51. The Morgan fingerprint density at radius 1 is 1.16 bits per heavy atom. The van der Waals surface area contributed by atoms with Crippen LogP contribution >= 0.6 is 23.4 Å². The van der Waals surface area contributed by atoms with E-state index in [4.69, 9.17) is 16.3 Å². The molecule has 3 aromatic rings. The van der Waals surface area contributed by atoms with Crippen LogP contribution in [-0.4, -0.2) is 75.0 Å². The Balaban J connectivity index is 1.29. The molecule has 168 valence electrons. The monoisotopic (exact) mass is 476 g/mol. The Hall–Kier alpha value is -2.69. The van der Waals surface area contributed by atoms with Crippen molar-refractivity contribution >= 4 is 29.3 Å². The fourth-order valence-electron chi connectivity index (χ4n) is 3.43. The van der Waals surface area contributed by atoms with Gasteiger partial charge in [0.1, 0.15) is 11.6 Å². The quantitative estimate of drug-likeness (QED) is 0.485. The standard InChI is InChI=1S/C21H22ClFN6O2S/c1-31-16-7-5-15(6-8-16)29-21(24-25-26-29)32-14-20(30)28-11-9-27(10-12-28)13-17-18(22)3-2-4-19(17)23/h2-8H,9-14H2,1H3. The fraction of sp³-hybridized carbons (Fsp3) is 0.333. The highest BCUT2D eigenvalue weighted by Crippen LogP contribution is 2.23. The van der Waals surface area contributed by atoms with Gasteiger partial charge in [-0.05, 0) is 46.8 Å². The second-order valence-corrected chi connectivity index (χ2v) is 8.57. The maximum absolute atomic E-state index is 14.0. The van der Waals surface area contributed by atoms with E-state index >= 15 is 0 Å². The first-order chi connectivity index (χ1) is 15.5. The van der Waals surface area contributed by atoms with Crippen LogP contribution < -0.4 is 4.74 Å². The molecular weight excluding hydrogens is 455 g/mol. The van der Waals surface area contributed by atoms with E-state index in [1.165, 1.54) is 17.8 Å². The zero-order valence-electron chi connectivity index (χ0n) is 17.4. The highest BCUT2D eigenvalue weighted by Gasteiger charge is 2.23. The van der Waals surface area contributed by atoms with Crippen LogP contribution in [0.2, 0.25) is 5.02 Å². The second-order valence-electron chi connectivity index (χ2n) is 7.22. The summed E-state index contributed by atoms with van der Waals surface area (Å²) in [4.78, 5) is 16.6. The van der Waals surface area contributed by atoms with Crippen LogP contribution in [0.5, 0.6) is 5.75 Å². The molecule has 2 heterocycles. The van der Waals surface area contributed by atoms with Crippen LogP contribution in [-0.2, 0) is 11.3 Å². The van der Waals surface area contributed by atoms with Crippen molar-refractivity contribution in [1.29, 1.82) is 0 Å². The van der Waals surface area contributed by atoms with E-state index in [0.29, 0.717) is 48.5 Å². The fourth-order valence-corrected chi connectivity index (χ4v) is 4.45. The summed E-state index contributed by atoms with van der Waals surface area (Å²) in [6, 6.07) is 12.0. The number of carbonyl (C=O) groups is 1. The number of thioether (sulfide) groups is 1. The van der Waals surface area contributed by atoms with Gasteiger partial charge < -0.3 is 9.64 Å². The molecule has 1 fully saturated rings. The van der Waals surface area contributed by atoms with Gasteiger partial charge in [-0.2, -0.15) is 4.68 Å². The maximum Gasteiger partial charge on any atom is 0.233 e. The SMILES string of the molecule is COc1ccc(-n2nnnc2SCC(=O)N2CCN(Cc3c(F)cccc3Cl)CC2)cc1. The number of methoxy groups -OCH3 is 1. The summed E-state index contributed by atoms with van der Waals surface area (Å²) in [5, 5.41) is 12.7. The van der Waals surface area contributed by atoms with Gasteiger partial charge in [-0.15, -0.1) is 5.10 Å². The Morgan fingerprint density at radius 2 is 1.91 bits per heavy atom. The van der Waals surface area contributed by atoms with Gasteiger partial charge in [-0.1, -0.05) is 29.4 Å². The summed E-state index contributed by atoms with van der Waals surface area (Å²) in [6.45, 7) is 2.90. The van der Waals surface area contributed by atoms with Crippen molar-refractivity contribution in [2.45, 2.75) is 11.7 Å². The first kappa shape index (κ1) is 22.5. The molecular formula is C21H22ClFN6O2S. The molecule has 0 saturated carbocycles. The van der Waals surface area contributed by atoms with E-state index in [1.807, 2.05) is 29.2 Å². The van der Waals surface area contributed by atoms with Crippen LogP contribution in [0.15, 0.2) is 47.6 Å². The van der Waals surface area contributed by atoms with Gasteiger partial charge in [-0.3, -0.25) is 9.69 Å². The molecule has 8 nitrogen and oxygen atoms in total. The largest absolute Gasteiger partial charge is 0.497 e. The van der Waals surface area contributed by atoms with Crippen LogP contribution in [0.3, 0.4) is 0 Å². The molecule has 0 unspecified atom stereocenters. The normalized spacial score (nSPS) is 14.5. The van der Waals surface area contributed by atoms with E-state index in [1.54, 1.807) is 23.9 Å². The lowest BCUT2D eigenvalue weighted by Crippen LogP contribution is -2.48. The van der Waals surface area contributed by atoms with E-state index in [9.17, 15) is 9.18 Å². The average molecular weight is 477 g/mol. The zero-order chi connectivity index (χ0) is 22.5. The van der Waals surface area contributed by atoms with Crippen molar-refractivity contribution in [3.8, 4) is 11.4 Å². The number of ether oxygens (including phenoxy) is 1. The number of carbonyl (C=O) groups excluding carboxylic acids is 1. The lowest BCUT2D eigenvalue weighted by atomic mass is 10.2. The van der Waals surface area contributed by atoms with E-state index in [0.717, 1.165) is 11.4 Å². The molecule has 1 saturated heterocycles. The first-order valence-electron chi connectivity index (χ1n) is 10.0. The third kappa shape index (κ3) is 5.20. The Kier molecular flexibility index (Phi) is 7.23. The topological polar surface area (TPSA) is 76.4 Å². The number of tetrazole rings is 1. The number of aromatic nitrogens is 4. The molecule has 11 heteroatoms. The summed E-state index contributed by atoms with van der Waals surface area (Å²) < 4.78 is 20.8. The predicted molar refractivity (Wildman–Crippen MR) is 120 cm³/mol. The van der Waals surface area contributed by atoms with Gasteiger partial charge in [-0.25, -0.2) is 4.39 Å². The molecule has 0 bridgehead atoms. The summed E-state index contributed by atoms with van der Waals surface area (Å²) in [5.74, 6) is 0.683. The number of nitrogens with zero attached hydrogens (tertiary/aromatic N) is 6. The van der Waals surface area contributed by atoms with Crippen molar-refractivity contribution in [1.82, 2.24) is 30.0 Å². The van der Waals surface area contributed by atoms with E-state index in [-0.39, 0.29) is 17.5 Å². The van der Waals surface area contributed by atoms with Crippen LogP contribution in [0.4, 0.5) is 4.39 Å². The highest BCUT2D eigenvalue weighted by atomic mass is 35.5. The molecule has 1 aliphatic heterocycles. The molecule has 2 aromatic carbocycles. The molecule has 0 aliphatic carbocycles. The minimum absolute atomic E-state index is 0.0165. The number of hydrogen-bond acceptors (Lipinski definition) is 7. The maximum atomic E-state index is 14.0. The number of rotatable bonds is 7. The molecule has 4 rings (SSSR count). The van der Waals surface area contributed by atoms with Crippen molar-refractivity contribution in [3.63, 3.8) is 0 Å². The molecule has 1 aliphatic rings. The Morgan fingerprint density at radius 3 is 2.59 bits per heavy atom. The smallest absolute Gasteiger partial charge is 0.233 e. The van der Waals surface area contributed by atoms with Crippen molar-refractivity contribution in [3.05, 3.63) is 58.9 Å².